The summed E-state index contributed by atoms with van der Waals surface area (Å²) in [6.07, 6.45) is 1.38. The average Bonchev–Trinajstić information content (AvgIpc) is 3.50. The predicted molar refractivity (Wildman–Crippen MR) is 191 cm³/mol. The van der Waals surface area contributed by atoms with Crippen molar-refractivity contribution in [3.63, 3.8) is 0 Å². The van der Waals surface area contributed by atoms with E-state index in [-0.39, 0.29) is 30.2 Å². The number of hydrogen-bond donors (Lipinski definition) is 2. The smallest absolute Gasteiger partial charge is 0.407 e. The summed E-state index contributed by atoms with van der Waals surface area (Å²) in [5, 5.41) is 10.5. The number of methoxy groups -OCH3 is 1. The Bertz CT molecular complexity index is 1900. The van der Waals surface area contributed by atoms with Gasteiger partial charge in [0.1, 0.15) is 33.4 Å². The van der Waals surface area contributed by atoms with E-state index >= 15 is 0 Å². The van der Waals surface area contributed by atoms with Crippen LogP contribution in [-0.2, 0) is 29.1 Å². The van der Waals surface area contributed by atoms with Crippen molar-refractivity contribution < 1.29 is 28.2 Å². The highest BCUT2D eigenvalue weighted by Crippen LogP contribution is 2.36. The molecule has 50 heavy (non-hydrogen) atoms. The number of carbonyl (C=O) groups is 2. The van der Waals surface area contributed by atoms with E-state index in [9.17, 15) is 14.0 Å². The van der Waals surface area contributed by atoms with Gasteiger partial charge in [0, 0.05) is 25.2 Å². The molecule has 1 atom stereocenters. The molecule has 0 fully saturated rings. The van der Waals surface area contributed by atoms with Crippen molar-refractivity contribution in [3.8, 4) is 5.88 Å². The van der Waals surface area contributed by atoms with Gasteiger partial charge in [-0.3, -0.25) is 0 Å². The summed E-state index contributed by atoms with van der Waals surface area (Å²) in [5.74, 6) is 0.000246. The van der Waals surface area contributed by atoms with Crippen LogP contribution in [0.2, 0.25) is 0 Å². The Morgan fingerprint density at radius 3 is 2.26 bits per heavy atom. The molecule has 0 aliphatic carbocycles. The van der Waals surface area contributed by atoms with E-state index < -0.39 is 29.6 Å². The fraction of sp³-hybridized carbons (Fsp3) is 0.306. The maximum absolute atomic E-state index is 14.5. The van der Waals surface area contributed by atoms with Gasteiger partial charge in [-0.15, -0.1) is 0 Å². The molecule has 0 spiro atoms. The summed E-state index contributed by atoms with van der Waals surface area (Å²) in [7, 11) is 1.30. The molecule has 0 aliphatic heterocycles. The topological polar surface area (TPSA) is 132 Å². The summed E-state index contributed by atoms with van der Waals surface area (Å²) < 4.78 is 33.0. The molecule has 262 valence electrons. The molecule has 0 aliphatic rings. The van der Waals surface area contributed by atoms with Crippen molar-refractivity contribution >= 4 is 45.3 Å². The van der Waals surface area contributed by atoms with E-state index in [4.69, 9.17) is 19.2 Å². The molecule has 2 N–H and O–H groups in total. The van der Waals surface area contributed by atoms with Crippen LogP contribution in [0.5, 0.6) is 5.88 Å². The van der Waals surface area contributed by atoms with E-state index in [0.717, 1.165) is 17.3 Å². The lowest BCUT2D eigenvalue weighted by Crippen LogP contribution is -2.37. The van der Waals surface area contributed by atoms with Gasteiger partial charge in [-0.25, -0.2) is 23.9 Å². The molecule has 12 nitrogen and oxygen atoms in total. The monoisotopic (exact) mass is 747 g/mol. The number of hydrogen-bond acceptors (Lipinski definition) is 10. The number of rotatable bonds is 13. The molecular weight excluding hydrogens is 709 g/mol. The maximum atomic E-state index is 14.5. The SMILES string of the molecule is COC(=O)c1cnn2c(N(Cc3ccccc3)Cc3ccccc3)c(Br)c(NCc3cc(F)cnc3O[C@@H](C)CNC(=O)OC(C)(C)C)nc12. The van der Waals surface area contributed by atoms with Crippen molar-refractivity contribution in [2.75, 3.05) is 23.9 Å². The number of halogens is 2. The third kappa shape index (κ3) is 9.26. The lowest BCUT2D eigenvalue weighted by atomic mass is 10.1. The summed E-state index contributed by atoms with van der Waals surface area (Å²) >= 11 is 3.78. The molecule has 5 aromatic rings. The molecule has 2 aromatic carbocycles. The number of amides is 1. The highest BCUT2D eigenvalue weighted by Gasteiger charge is 2.25. The molecule has 0 unspecified atom stereocenters. The van der Waals surface area contributed by atoms with Gasteiger partial charge in [0.2, 0.25) is 5.88 Å². The Balaban J connectivity index is 1.48. The van der Waals surface area contributed by atoms with Crippen LogP contribution in [0, 0.1) is 5.82 Å². The summed E-state index contributed by atoms with van der Waals surface area (Å²) in [4.78, 5) is 36.0. The Morgan fingerprint density at radius 2 is 1.66 bits per heavy atom. The highest BCUT2D eigenvalue weighted by molar-refractivity contribution is 9.10. The van der Waals surface area contributed by atoms with Crippen LogP contribution in [0.4, 0.5) is 20.8 Å². The number of pyridine rings is 1. The van der Waals surface area contributed by atoms with Gasteiger partial charge in [-0.1, -0.05) is 60.7 Å². The van der Waals surface area contributed by atoms with Crippen LogP contribution >= 0.6 is 15.9 Å². The Morgan fingerprint density at radius 1 is 1.02 bits per heavy atom. The first-order valence-corrected chi connectivity index (χ1v) is 16.7. The lowest BCUT2D eigenvalue weighted by molar-refractivity contribution is 0.0503. The molecule has 0 bridgehead atoms. The van der Waals surface area contributed by atoms with Gasteiger partial charge < -0.3 is 29.7 Å². The average molecular weight is 749 g/mol. The fourth-order valence-electron chi connectivity index (χ4n) is 5.07. The molecule has 5 rings (SSSR count). The van der Waals surface area contributed by atoms with Crippen molar-refractivity contribution in [2.24, 2.45) is 0 Å². The van der Waals surface area contributed by atoms with Crippen LogP contribution < -0.4 is 20.3 Å². The van der Waals surface area contributed by atoms with Crippen molar-refractivity contribution in [2.45, 2.75) is 59.0 Å². The first-order valence-electron chi connectivity index (χ1n) is 15.9. The Kier molecular flexibility index (Phi) is 11.5. The number of esters is 1. The largest absolute Gasteiger partial charge is 0.473 e. The van der Waals surface area contributed by atoms with Gasteiger partial charge in [0.25, 0.3) is 0 Å². The number of ether oxygens (including phenoxy) is 3. The summed E-state index contributed by atoms with van der Waals surface area (Å²) in [6.45, 7) is 8.25. The molecule has 0 radical (unpaired) electrons. The number of nitrogens with one attached hydrogen (secondary N) is 2. The van der Waals surface area contributed by atoms with Crippen LogP contribution in [0.3, 0.4) is 0 Å². The van der Waals surface area contributed by atoms with Gasteiger partial charge in [0.15, 0.2) is 11.5 Å². The zero-order valence-corrected chi connectivity index (χ0v) is 30.0. The van der Waals surface area contributed by atoms with Gasteiger partial charge in [-0.05, 0) is 60.8 Å². The molecule has 14 heteroatoms. The van der Waals surface area contributed by atoms with Crippen molar-refractivity contribution in [1.29, 1.82) is 0 Å². The lowest BCUT2D eigenvalue weighted by Gasteiger charge is -2.27. The van der Waals surface area contributed by atoms with E-state index in [2.05, 4.69) is 41.5 Å². The predicted octanol–water partition coefficient (Wildman–Crippen LogP) is 6.92. The van der Waals surface area contributed by atoms with Crippen LogP contribution in [0.1, 0.15) is 54.7 Å². The first-order chi connectivity index (χ1) is 23.9. The van der Waals surface area contributed by atoms with E-state index in [0.29, 0.717) is 34.8 Å². The van der Waals surface area contributed by atoms with E-state index in [1.165, 1.54) is 19.4 Å². The standard InChI is InChI=1S/C36H39BrFN7O5/c1-23(17-41-35(47)50-36(2,3)4)49-32-26(16-27(38)19-40-32)18-39-30-29(37)33(45-31(43-30)28(20-42-45)34(46)48-5)44(21-24-12-8-6-9-13-24)22-25-14-10-7-11-15-25/h6-16,19-20,23H,17-18,21-22H2,1-5H3,(H,39,43)(H,41,47)/t23-/m0/s1. The molecule has 3 aromatic heterocycles. The first kappa shape index (κ1) is 36.1. The number of anilines is 2. The number of carbonyl (C=O) groups excluding carboxylic acids is 2. The zero-order valence-electron chi connectivity index (χ0n) is 28.4. The van der Waals surface area contributed by atoms with E-state index in [1.807, 2.05) is 60.7 Å². The molecule has 0 saturated heterocycles. The quantitative estimate of drug-likeness (QED) is 0.122. The number of alkyl carbamates (subject to hydrolysis) is 1. The van der Waals surface area contributed by atoms with Gasteiger partial charge in [-0.2, -0.15) is 9.61 Å². The van der Waals surface area contributed by atoms with Gasteiger partial charge in [0.05, 0.1) is 26.0 Å². The van der Waals surface area contributed by atoms with Crippen molar-refractivity contribution in [3.05, 3.63) is 112 Å². The molecular formula is C36H39BrFN7O5. The number of aromatic nitrogens is 4. The normalized spacial score (nSPS) is 11.9. The Labute approximate surface area is 298 Å². The second kappa shape index (κ2) is 16.0. The van der Waals surface area contributed by atoms with Crippen LogP contribution in [0.15, 0.2) is 83.6 Å². The molecule has 1 amide bonds. The van der Waals surface area contributed by atoms with Crippen molar-refractivity contribution in [1.82, 2.24) is 24.9 Å². The zero-order chi connectivity index (χ0) is 35.8. The third-order valence-corrected chi connectivity index (χ3v) is 8.02. The summed E-state index contributed by atoms with van der Waals surface area (Å²) in [6, 6.07) is 21.3. The second-order valence-corrected chi connectivity index (χ2v) is 13.3. The third-order valence-electron chi connectivity index (χ3n) is 7.29. The second-order valence-electron chi connectivity index (χ2n) is 12.5. The number of benzene rings is 2. The summed E-state index contributed by atoms with van der Waals surface area (Å²) in [5.41, 5.74) is 2.30. The Hall–Kier alpha value is -5.24. The molecule has 0 saturated carbocycles. The highest BCUT2D eigenvalue weighted by atomic mass is 79.9. The number of fused-ring (bicyclic) bond motifs is 1. The minimum absolute atomic E-state index is 0.0482. The minimum atomic E-state index is -0.647. The van der Waals surface area contributed by atoms with Crippen LogP contribution in [-0.4, -0.2) is 57.0 Å². The fourth-order valence-corrected chi connectivity index (χ4v) is 5.72. The minimum Gasteiger partial charge on any atom is -0.473 e. The number of nitrogens with zero attached hydrogens (tertiary/aromatic N) is 5. The van der Waals surface area contributed by atoms with Gasteiger partial charge >= 0.3 is 12.1 Å². The molecule has 3 heterocycles. The van der Waals surface area contributed by atoms with E-state index in [1.54, 1.807) is 32.2 Å². The maximum Gasteiger partial charge on any atom is 0.407 e. The van der Waals surface area contributed by atoms with Crippen LogP contribution in [0.25, 0.3) is 5.65 Å².